The summed E-state index contributed by atoms with van der Waals surface area (Å²) >= 11 is 1.48. The molecule has 2 amide bonds. The number of rotatable bonds is 7. The van der Waals surface area contributed by atoms with Crippen molar-refractivity contribution < 1.29 is 9.59 Å². The van der Waals surface area contributed by atoms with E-state index in [9.17, 15) is 9.59 Å². The van der Waals surface area contributed by atoms with Gasteiger partial charge < -0.3 is 16.4 Å². The number of hydrogen-bond donors (Lipinski definition) is 3. The molecular formula is C20H25N3O2S. The van der Waals surface area contributed by atoms with Crippen molar-refractivity contribution in [3.63, 3.8) is 0 Å². The summed E-state index contributed by atoms with van der Waals surface area (Å²) in [5, 5.41) is 6.81. The van der Waals surface area contributed by atoms with Crippen molar-refractivity contribution in [3.05, 3.63) is 51.9 Å². The lowest BCUT2D eigenvalue weighted by molar-refractivity contribution is -0.115. The van der Waals surface area contributed by atoms with E-state index in [1.807, 2.05) is 18.2 Å². The van der Waals surface area contributed by atoms with Gasteiger partial charge in [0.15, 0.2) is 0 Å². The van der Waals surface area contributed by atoms with Crippen molar-refractivity contribution in [1.29, 1.82) is 0 Å². The van der Waals surface area contributed by atoms with Gasteiger partial charge in [0, 0.05) is 10.9 Å². The van der Waals surface area contributed by atoms with Gasteiger partial charge in [-0.05, 0) is 36.3 Å². The summed E-state index contributed by atoms with van der Waals surface area (Å²) in [6.45, 7) is 4.42. The van der Waals surface area contributed by atoms with E-state index in [1.165, 1.54) is 16.2 Å². The normalized spacial score (nSPS) is 14.3. The number of thiophene rings is 1. The van der Waals surface area contributed by atoms with Crippen LogP contribution in [0, 0.1) is 5.92 Å². The zero-order valence-corrected chi connectivity index (χ0v) is 16.0. The summed E-state index contributed by atoms with van der Waals surface area (Å²) in [5.41, 5.74) is 8.22. The molecule has 4 N–H and O–H groups in total. The number of benzene rings is 1. The summed E-state index contributed by atoms with van der Waals surface area (Å²) in [6, 6.07) is 10.2. The Kier molecular flexibility index (Phi) is 5.74. The predicted octanol–water partition coefficient (Wildman–Crippen LogP) is 3.26. The van der Waals surface area contributed by atoms with Crippen molar-refractivity contribution in [1.82, 2.24) is 5.32 Å². The van der Waals surface area contributed by atoms with Crippen molar-refractivity contribution >= 4 is 28.2 Å². The van der Waals surface area contributed by atoms with Gasteiger partial charge in [0.1, 0.15) is 5.00 Å². The highest BCUT2D eigenvalue weighted by Gasteiger charge is 2.26. The third-order valence-electron chi connectivity index (χ3n) is 4.73. The molecule has 0 saturated carbocycles. The van der Waals surface area contributed by atoms with Gasteiger partial charge >= 0.3 is 0 Å². The maximum absolute atomic E-state index is 12.5. The second kappa shape index (κ2) is 8.01. The van der Waals surface area contributed by atoms with E-state index in [2.05, 4.69) is 36.6 Å². The van der Waals surface area contributed by atoms with E-state index >= 15 is 0 Å². The molecule has 0 spiro atoms. The van der Waals surface area contributed by atoms with Crippen LogP contribution in [0.1, 0.15) is 52.7 Å². The molecule has 0 bridgehead atoms. The van der Waals surface area contributed by atoms with Crippen LogP contribution in [0.2, 0.25) is 0 Å². The zero-order valence-electron chi connectivity index (χ0n) is 15.2. The highest BCUT2D eigenvalue weighted by Crippen LogP contribution is 2.38. The largest absolute Gasteiger partial charge is 0.365 e. The number of nitrogens with one attached hydrogen (secondary N) is 2. The number of hydrogen-bond acceptors (Lipinski definition) is 4. The molecule has 1 heterocycles. The Hall–Kier alpha value is -2.18. The molecule has 3 rings (SSSR count). The fourth-order valence-corrected chi connectivity index (χ4v) is 4.84. The topological polar surface area (TPSA) is 84.2 Å². The Bertz CT molecular complexity index is 799. The molecule has 1 atom stereocenters. The van der Waals surface area contributed by atoms with E-state index in [1.54, 1.807) is 0 Å². The van der Waals surface area contributed by atoms with Crippen LogP contribution in [0.5, 0.6) is 0 Å². The van der Waals surface area contributed by atoms with E-state index in [4.69, 9.17) is 5.73 Å². The lowest BCUT2D eigenvalue weighted by Gasteiger charge is -2.22. The second-order valence-corrected chi connectivity index (χ2v) is 8.09. The van der Waals surface area contributed by atoms with Crippen LogP contribution in [-0.4, -0.2) is 18.4 Å². The van der Waals surface area contributed by atoms with E-state index < -0.39 is 5.91 Å². The Morgan fingerprint density at radius 1 is 1.19 bits per heavy atom. The minimum Gasteiger partial charge on any atom is -0.365 e. The van der Waals surface area contributed by atoms with Crippen LogP contribution in [0.4, 0.5) is 5.00 Å². The van der Waals surface area contributed by atoms with Crippen LogP contribution in [-0.2, 0) is 17.6 Å². The third kappa shape index (κ3) is 3.97. The van der Waals surface area contributed by atoms with Crippen molar-refractivity contribution in [2.45, 2.75) is 39.2 Å². The van der Waals surface area contributed by atoms with Crippen molar-refractivity contribution in [3.8, 4) is 0 Å². The minimum absolute atomic E-state index is 0.0888. The summed E-state index contributed by atoms with van der Waals surface area (Å²) in [5.74, 6) is -0.275. The number of aryl methyl sites for hydroxylation is 1. The number of carbonyl (C=O) groups is 2. The van der Waals surface area contributed by atoms with Gasteiger partial charge in [0.05, 0.1) is 12.1 Å². The molecule has 1 aromatic heterocycles. The Labute approximate surface area is 158 Å². The molecule has 1 aliphatic carbocycles. The Morgan fingerprint density at radius 2 is 1.92 bits per heavy atom. The van der Waals surface area contributed by atoms with E-state index in [0.717, 1.165) is 30.4 Å². The molecular weight excluding hydrogens is 346 g/mol. The van der Waals surface area contributed by atoms with Crippen LogP contribution in [0.3, 0.4) is 0 Å². The Balaban J connectivity index is 1.67. The fourth-order valence-electron chi connectivity index (χ4n) is 3.53. The quantitative estimate of drug-likeness (QED) is 0.698. The van der Waals surface area contributed by atoms with Gasteiger partial charge in [-0.2, -0.15) is 0 Å². The average Bonchev–Trinajstić information content (AvgIpc) is 3.15. The lowest BCUT2D eigenvalue weighted by Crippen LogP contribution is -2.33. The molecule has 0 unspecified atom stereocenters. The van der Waals surface area contributed by atoms with Crippen LogP contribution >= 0.6 is 11.3 Å². The van der Waals surface area contributed by atoms with Gasteiger partial charge in [-0.15, -0.1) is 11.3 Å². The van der Waals surface area contributed by atoms with Gasteiger partial charge in [0.2, 0.25) is 5.91 Å². The second-order valence-electron chi connectivity index (χ2n) is 6.99. The number of amides is 2. The smallest absolute Gasteiger partial charge is 0.251 e. The number of carbonyl (C=O) groups excluding carboxylic acids is 2. The number of fused-ring (bicyclic) bond motifs is 1. The highest BCUT2D eigenvalue weighted by molar-refractivity contribution is 7.17. The lowest BCUT2D eigenvalue weighted by atomic mass is 9.96. The fraction of sp³-hybridized carbons (Fsp3) is 0.400. The number of nitrogens with two attached hydrogens (primary N) is 1. The van der Waals surface area contributed by atoms with Crippen LogP contribution in [0.15, 0.2) is 30.3 Å². The first-order valence-corrected chi connectivity index (χ1v) is 9.81. The maximum Gasteiger partial charge on any atom is 0.251 e. The van der Waals surface area contributed by atoms with E-state index in [0.29, 0.717) is 16.5 Å². The van der Waals surface area contributed by atoms with Gasteiger partial charge in [-0.25, -0.2) is 0 Å². The van der Waals surface area contributed by atoms with Gasteiger partial charge in [0.25, 0.3) is 5.91 Å². The standard InChI is InChI=1S/C20H25N3O2S/c1-12(2)18(13-7-4-3-5-8-13)22-11-16(24)23-20-17(19(21)25)14-9-6-10-15(14)26-20/h3-5,7-8,12,18,22H,6,9-11H2,1-2H3,(H2,21,25)(H,23,24)/t18-/m1/s1. The molecule has 0 saturated heterocycles. The SMILES string of the molecule is CC(C)[C@@H](NCC(=O)Nc1sc2c(c1C(N)=O)CCC2)c1ccccc1. The molecule has 0 radical (unpaired) electrons. The summed E-state index contributed by atoms with van der Waals surface area (Å²) in [6.07, 6.45) is 2.86. The summed E-state index contributed by atoms with van der Waals surface area (Å²) in [7, 11) is 0. The Morgan fingerprint density at radius 3 is 2.58 bits per heavy atom. The molecule has 0 aliphatic heterocycles. The van der Waals surface area contributed by atoms with Crippen LogP contribution in [0.25, 0.3) is 0 Å². The number of primary amides is 1. The molecule has 26 heavy (non-hydrogen) atoms. The first kappa shape index (κ1) is 18.6. The molecule has 1 aliphatic rings. The maximum atomic E-state index is 12.5. The molecule has 2 aromatic rings. The van der Waals surface area contributed by atoms with E-state index in [-0.39, 0.29) is 18.5 Å². The predicted molar refractivity (Wildman–Crippen MR) is 106 cm³/mol. The monoisotopic (exact) mass is 371 g/mol. The highest BCUT2D eigenvalue weighted by atomic mass is 32.1. The first-order chi connectivity index (χ1) is 12.5. The molecule has 1 aromatic carbocycles. The van der Waals surface area contributed by atoms with Gasteiger partial charge in [-0.1, -0.05) is 44.2 Å². The van der Waals surface area contributed by atoms with Gasteiger partial charge in [-0.3, -0.25) is 9.59 Å². The summed E-state index contributed by atoms with van der Waals surface area (Å²) < 4.78 is 0. The van der Waals surface area contributed by atoms with Crippen molar-refractivity contribution in [2.24, 2.45) is 11.7 Å². The summed E-state index contributed by atoms with van der Waals surface area (Å²) in [4.78, 5) is 25.5. The van der Waals surface area contributed by atoms with Crippen LogP contribution < -0.4 is 16.4 Å². The average molecular weight is 372 g/mol. The molecule has 138 valence electrons. The zero-order chi connectivity index (χ0) is 18.7. The molecule has 0 fully saturated rings. The molecule has 6 heteroatoms. The first-order valence-electron chi connectivity index (χ1n) is 9.00. The molecule has 5 nitrogen and oxygen atoms in total. The minimum atomic E-state index is -0.461. The third-order valence-corrected chi connectivity index (χ3v) is 5.94. The van der Waals surface area contributed by atoms with Crippen molar-refractivity contribution in [2.75, 3.05) is 11.9 Å². The number of anilines is 1.